The van der Waals surface area contributed by atoms with Crippen molar-refractivity contribution in [2.75, 3.05) is 10.6 Å². The lowest BCUT2D eigenvalue weighted by atomic mass is 10.3. The van der Waals surface area contributed by atoms with Crippen LogP contribution in [0.5, 0.6) is 11.6 Å². The van der Waals surface area contributed by atoms with Gasteiger partial charge in [-0.3, -0.25) is 0 Å². The Kier molecular flexibility index (Phi) is 4.89. The molecule has 154 valence electrons. The number of aromatic nitrogens is 4. The normalized spacial score (nSPS) is 11.0. The number of hydrogen-bond donors (Lipinski definition) is 2. The smallest absolute Gasteiger partial charge is 0.323 e. The molecule has 3 aromatic heterocycles. The van der Waals surface area contributed by atoms with Crippen LogP contribution in [0.25, 0.3) is 21.3 Å². The molecular formula is C21H15ClN6O2S. The minimum absolute atomic E-state index is 0.336. The zero-order valence-corrected chi connectivity index (χ0v) is 17.7. The summed E-state index contributed by atoms with van der Waals surface area (Å²) in [5, 5.41) is 5.88. The number of amides is 2. The molecule has 8 nitrogen and oxygen atoms in total. The summed E-state index contributed by atoms with van der Waals surface area (Å²) in [6, 6.07) is 12.0. The van der Waals surface area contributed by atoms with E-state index < -0.39 is 6.03 Å². The first-order valence-electron chi connectivity index (χ1n) is 9.21. The van der Waals surface area contributed by atoms with Gasteiger partial charge in [0.25, 0.3) is 0 Å². The van der Waals surface area contributed by atoms with Gasteiger partial charge in [-0.15, -0.1) is 11.3 Å². The van der Waals surface area contributed by atoms with Crippen LogP contribution in [-0.2, 0) is 7.05 Å². The number of rotatable bonds is 4. The van der Waals surface area contributed by atoms with Crippen LogP contribution >= 0.6 is 22.9 Å². The Labute approximate surface area is 185 Å². The number of nitrogens with zero attached hydrogens (tertiary/aromatic N) is 4. The second-order valence-corrected chi connectivity index (χ2v) is 7.99. The zero-order chi connectivity index (χ0) is 21.4. The first-order chi connectivity index (χ1) is 15.1. The van der Waals surface area contributed by atoms with Gasteiger partial charge in [-0.25, -0.2) is 14.8 Å². The van der Waals surface area contributed by atoms with Crippen molar-refractivity contribution in [1.82, 2.24) is 19.5 Å². The molecule has 0 atom stereocenters. The van der Waals surface area contributed by atoms with Gasteiger partial charge in [-0.1, -0.05) is 11.6 Å². The van der Waals surface area contributed by atoms with Crippen molar-refractivity contribution < 1.29 is 9.53 Å². The zero-order valence-electron chi connectivity index (χ0n) is 16.2. The van der Waals surface area contributed by atoms with Crippen LogP contribution in [0.3, 0.4) is 0 Å². The number of hydrogen-bond acceptors (Lipinski definition) is 6. The maximum absolute atomic E-state index is 12.4. The van der Waals surface area contributed by atoms with Crippen molar-refractivity contribution >= 4 is 61.6 Å². The molecule has 0 saturated carbocycles. The number of nitrogens with one attached hydrogen (secondary N) is 2. The summed E-state index contributed by atoms with van der Waals surface area (Å²) in [6.45, 7) is 0. The lowest BCUT2D eigenvalue weighted by molar-refractivity contribution is 0.262. The highest BCUT2D eigenvalue weighted by Gasteiger charge is 2.12. The Balaban J connectivity index is 1.30. The Bertz CT molecular complexity index is 1430. The lowest BCUT2D eigenvalue weighted by Crippen LogP contribution is -2.19. The molecule has 0 spiro atoms. The molecule has 0 saturated heterocycles. The number of ether oxygens (including phenoxy) is 1. The maximum atomic E-state index is 12.4. The summed E-state index contributed by atoms with van der Waals surface area (Å²) in [7, 11) is 1.89. The van der Waals surface area contributed by atoms with Gasteiger partial charge < -0.3 is 19.9 Å². The minimum atomic E-state index is -0.402. The fourth-order valence-electron chi connectivity index (χ4n) is 3.15. The number of thiazole rings is 1. The summed E-state index contributed by atoms with van der Waals surface area (Å²) >= 11 is 7.88. The van der Waals surface area contributed by atoms with Crippen molar-refractivity contribution in [3.63, 3.8) is 0 Å². The van der Waals surface area contributed by atoms with Crippen molar-refractivity contribution in [3.8, 4) is 11.6 Å². The van der Waals surface area contributed by atoms with Gasteiger partial charge in [0, 0.05) is 25.0 Å². The van der Waals surface area contributed by atoms with E-state index in [1.807, 2.05) is 36.0 Å². The summed E-state index contributed by atoms with van der Waals surface area (Å²) in [5.41, 5.74) is 5.34. The van der Waals surface area contributed by atoms with Crippen molar-refractivity contribution in [2.24, 2.45) is 7.05 Å². The van der Waals surface area contributed by atoms with Crippen molar-refractivity contribution in [3.05, 3.63) is 65.5 Å². The molecule has 10 heteroatoms. The van der Waals surface area contributed by atoms with Gasteiger partial charge in [-0.2, -0.15) is 4.98 Å². The summed E-state index contributed by atoms with van der Waals surface area (Å²) < 4.78 is 8.79. The molecule has 0 bridgehead atoms. The Hall–Kier alpha value is -3.69. The monoisotopic (exact) mass is 450 g/mol. The van der Waals surface area contributed by atoms with Gasteiger partial charge >= 0.3 is 6.03 Å². The quantitative estimate of drug-likeness (QED) is 0.368. The van der Waals surface area contributed by atoms with E-state index in [0.717, 1.165) is 21.3 Å². The standard InChI is InChI=1S/C21H15ClN6O2S/c1-28-7-6-17-19(28)20(24-10-23-17)30-13-3-5-15(14(22)9-13)27-21(29)26-12-2-4-16-18(8-12)31-11-25-16/h2-11H,1H3,(H2,26,27,29). The van der Waals surface area contributed by atoms with Gasteiger partial charge in [0.2, 0.25) is 5.88 Å². The molecule has 2 N–H and O–H groups in total. The molecule has 2 amide bonds. The summed E-state index contributed by atoms with van der Waals surface area (Å²) in [6.07, 6.45) is 3.33. The summed E-state index contributed by atoms with van der Waals surface area (Å²) in [4.78, 5) is 25.1. The van der Waals surface area contributed by atoms with E-state index >= 15 is 0 Å². The number of carbonyl (C=O) groups is 1. The topological polar surface area (TPSA) is 94.0 Å². The van der Waals surface area contributed by atoms with Crippen LogP contribution in [0.1, 0.15) is 0 Å². The Morgan fingerprint density at radius 2 is 1.97 bits per heavy atom. The number of fused-ring (bicyclic) bond motifs is 2. The van der Waals surface area contributed by atoms with Crippen molar-refractivity contribution in [1.29, 1.82) is 0 Å². The van der Waals surface area contributed by atoms with Crippen LogP contribution in [-0.4, -0.2) is 25.6 Å². The molecule has 2 aromatic carbocycles. The average Bonchev–Trinajstić information content (AvgIpc) is 3.37. The fraction of sp³-hybridized carbons (Fsp3) is 0.0476. The van der Waals surface area contributed by atoms with E-state index in [-0.39, 0.29) is 0 Å². The first-order valence-corrected chi connectivity index (χ1v) is 10.5. The molecule has 0 unspecified atom stereocenters. The third-order valence-electron chi connectivity index (χ3n) is 4.62. The van der Waals surface area contributed by atoms with Gasteiger partial charge in [-0.05, 0) is 36.4 Å². The molecule has 31 heavy (non-hydrogen) atoms. The number of aryl methyl sites for hydroxylation is 1. The van der Waals surface area contributed by atoms with E-state index in [2.05, 4.69) is 25.6 Å². The van der Waals surface area contributed by atoms with Crippen LogP contribution in [0.2, 0.25) is 5.02 Å². The van der Waals surface area contributed by atoms with E-state index in [1.54, 1.807) is 29.8 Å². The third-order valence-corrected chi connectivity index (χ3v) is 5.72. The Morgan fingerprint density at radius 1 is 1.06 bits per heavy atom. The van der Waals surface area contributed by atoms with Gasteiger partial charge in [0.15, 0.2) is 0 Å². The highest BCUT2D eigenvalue weighted by atomic mass is 35.5. The van der Waals surface area contributed by atoms with Crippen LogP contribution in [0.4, 0.5) is 16.2 Å². The van der Waals surface area contributed by atoms with Gasteiger partial charge in [0.05, 0.1) is 32.0 Å². The number of halogens is 1. The second kappa shape index (κ2) is 7.86. The number of anilines is 2. The number of benzene rings is 2. The third kappa shape index (κ3) is 3.88. The largest absolute Gasteiger partial charge is 0.437 e. The second-order valence-electron chi connectivity index (χ2n) is 6.70. The van der Waals surface area contributed by atoms with Crippen LogP contribution in [0.15, 0.2) is 60.5 Å². The molecule has 0 aliphatic rings. The number of urea groups is 1. The van der Waals surface area contributed by atoms with E-state index in [4.69, 9.17) is 16.3 Å². The highest BCUT2D eigenvalue weighted by Crippen LogP contribution is 2.32. The predicted molar refractivity (Wildman–Crippen MR) is 122 cm³/mol. The molecule has 0 aliphatic heterocycles. The van der Waals surface area contributed by atoms with E-state index in [1.165, 1.54) is 17.7 Å². The minimum Gasteiger partial charge on any atom is -0.437 e. The average molecular weight is 451 g/mol. The molecule has 5 rings (SSSR count). The SMILES string of the molecule is Cn1ccc2ncnc(Oc3ccc(NC(=O)Nc4ccc5ncsc5c4)c(Cl)c3)c21. The fourth-order valence-corrected chi connectivity index (χ4v) is 4.08. The first kappa shape index (κ1) is 19.3. The lowest BCUT2D eigenvalue weighted by Gasteiger charge is -2.11. The number of carbonyl (C=O) groups excluding carboxylic acids is 1. The predicted octanol–water partition coefficient (Wildman–Crippen LogP) is 5.67. The van der Waals surface area contributed by atoms with Gasteiger partial charge in [0.1, 0.15) is 17.6 Å². The van der Waals surface area contributed by atoms with E-state index in [0.29, 0.717) is 28.0 Å². The van der Waals surface area contributed by atoms with Crippen molar-refractivity contribution in [2.45, 2.75) is 0 Å². The highest BCUT2D eigenvalue weighted by molar-refractivity contribution is 7.16. The molecule has 0 aliphatic carbocycles. The van der Waals surface area contributed by atoms with Crippen LogP contribution in [0, 0.1) is 0 Å². The maximum Gasteiger partial charge on any atom is 0.323 e. The summed E-state index contributed by atoms with van der Waals surface area (Å²) in [5.74, 6) is 0.915. The van der Waals surface area contributed by atoms with E-state index in [9.17, 15) is 4.79 Å². The van der Waals surface area contributed by atoms with Crippen LogP contribution < -0.4 is 15.4 Å². The molecule has 5 aromatic rings. The molecule has 0 radical (unpaired) electrons. The Morgan fingerprint density at radius 3 is 2.84 bits per heavy atom. The molecule has 0 fully saturated rings. The molecule has 3 heterocycles. The molecular weight excluding hydrogens is 436 g/mol.